The van der Waals surface area contributed by atoms with Crippen molar-refractivity contribution in [2.75, 3.05) is 11.9 Å². The van der Waals surface area contributed by atoms with E-state index in [0.717, 1.165) is 22.0 Å². The smallest absolute Gasteiger partial charge is 0.224 e. The van der Waals surface area contributed by atoms with Gasteiger partial charge in [0.15, 0.2) is 0 Å². The molecule has 0 atom stereocenters. The Morgan fingerprint density at radius 2 is 1.36 bits per heavy atom. The minimum atomic E-state index is -0.303. The summed E-state index contributed by atoms with van der Waals surface area (Å²) in [4.78, 5) is 8.54. The van der Waals surface area contributed by atoms with Crippen LogP contribution in [0.1, 0.15) is 17.0 Å². The van der Waals surface area contributed by atoms with Gasteiger partial charge in [-0.3, -0.25) is 0 Å². The molecule has 28 heavy (non-hydrogen) atoms. The zero-order chi connectivity index (χ0) is 19.5. The molecule has 0 fully saturated rings. The average Bonchev–Trinajstić information content (AvgIpc) is 2.70. The van der Waals surface area contributed by atoms with Gasteiger partial charge in [0.25, 0.3) is 0 Å². The van der Waals surface area contributed by atoms with Crippen molar-refractivity contribution in [3.63, 3.8) is 0 Å². The second-order valence-electron chi connectivity index (χ2n) is 6.39. The molecular formula is C22H16ClF2N3. The molecule has 0 aliphatic heterocycles. The monoisotopic (exact) mass is 395 g/mol. The van der Waals surface area contributed by atoms with Gasteiger partial charge >= 0.3 is 0 Å². The summed E-state index contributed by atoms with van der Waals surface area (Å²) in [6.45, 7) is 0.467. The van der Waals surface area contributed by atoms with Crippen molar-refractivity contribution in [3.05, 3.63) is 101 Å². The summed E-state index contributed by atoms with van der Waals surface area (Å²) in [6.07, 6.45) is 0. The van der Waals surface area contributed by atoms with Gasteiger partial charge in [-0.25, -0.2) is 18.7 Å². The van der Waals surface area contributed by atoms with Crippen LogP contribution in [-0.4, -0.2) is 16.5 Å². The molecule has 0 bridgehead atoms. The van der Waals surface area contributed by atoms with Crippen molar-refractivity contribution in [2.24, 2.45) is 0 Å². The summed E-state index contributed by atoms with van der Waals surface area (Å²) in [6, 6.07) is 20.2. The third kappa shape index (κ3) is 3.94. The van der Waals surface area contributed by atoms with E-state index in [2.05, 4.69) is 15.3 Å². The standard InChI is InChI=1S/C22H16ClF2N3/c23-22-27-20-4-2-1-3-18(20)21(28-22)26-13-19(14-5-9-16(24)10-6-14)15-7-11-17(25)12-8-15/h1-12,19H,13H2,(H,26,27,28). The van der Waals surface area contributed by atoms with Crippen LogP contribution in [0.2, 0.25) is 5.28 Å². The highest BCUT2D eigenvalue weighted by atomic mass is 35.5. The summed E-state index contributed by atoms with van der Waals surface area (Å²) in [7, 11) is 0. The zero-order valence-electron chi connectivity index (χ0n) is 14.7. The quantitative estimate of drug-likeness (QED) is 0.433. The van der Waals surface area contributed by atoms with E-state index in [9.17, 15) is 8.78 Å². The predicted octanol–water partition coefficient (Wildman–Crippen LogP) is 5.81. The van der Waals surface area contributed by atoms with E-state index in [1.807, 2.05) is 24.3 Å². The van der Waals surface area contributed by atoms with Crippen molar-refractivity contribution < 1.29 is 8.78 Å². The topological polar surface area (TPSA) is 37.8 Å². The Bertz CT molecular complexity index is 1050. The molecule has 0 spiro atoms. The van der Waals surface area contributed by atoms with E-state index in [1.165, 1.54) is 24.3 Å². The van der Waals surface area contributed by atoms with Gasteiger partial charge in [-0.05, 0) is 59.1 Å². The highest BCUT2D eigenvalue weighted by Gasteiger charge is 2.16. The SMILES string of the molecule is Fc1ccc(C(CNc2nc(Cl)nc3ccccc23)c2ccc(F)cc2)cc1. The fourth-order valence-corrected chi connectivity index (χ4v) is 3.38. The molecule has 3 aromatic carbocycles. The molecule has 0 unspecified atom stereocenters. The number of halogens is 3. The van der Waals surface area contributed by atoms with E-state index in [1.54, 1.807) is 24.3 Å². The first kappa shape index (κ1) is 18.3. The zero-order valence-corrected chi connectivity index (χ0v) is 15.5. The van der Waals surface area contributed by atoms with Gasteiger partial charge in [-0.1, -0.05) is 36.4 Å². The van der Waals surface area contributed by atoms with Crippen molar-refractivity contribution >= 4 is 28.3 Å². The molecule has 0 aliphatic carbocycles. The first-order valence-electron chi connectivity index (χ1n) is 8.77. The Balaban J connectivity index is 1.68. The lowest BCUT2D eigenvalue weighted by atomic mass is 9.91. The van der Waals surface area contributed by atoms with Gasteiger partial charge < -0.3 is 5.32 Å². The van der Waals surface area contributed by atoms with Crippen LogP contribution in [-0.2, 0) is 0 Å². The van der Waals surface area contributed by atoms with Gasteiger partial charge in [0, 0.05) is 17.8 Å². The van der Waals surface area contributed by atoms with Crippen molar-refractivity contribution in [1.82, 2.24) is 9.97 Å². The van der Waals surface area contributed by atoms with Crippen LogP contribution in [0, 0.1) is 11.6 Å². The number of anilines is 1. The number of nitrogens with one attached hydrogen (secondary N) is 1. The largest absolute Gasteiger partial charge is 0.368 e. The molecule has 1 heterocycles. The maximum atomic E-state index is 13.4. The maximum absolute atomic E-state index is 13.4. The Kier molecular flexibility index (Phi) is 5.17. The number of benzene rings is 3. The van der Waals surface area contributed by atoms with Crippen LogP contribution in [0.5, 0.6) is 0 Å². The highest BCUT2D eigenvalue weighted by Crippen LogP contribution is 2.28. The average molecular weight is 396 g/mol. The van der Waals surface area contributed by atoms with Gasteiger partial charge in [-0.15, -0.1) is 0 Å². The number of hydrogen-bond acceptors (Lipinski definition) is 3. The van der Waals surface area contributed by atoms with Crippen molar-refractivity contribution in [2.45, 2.75) is 5.92 Å². The van der Waals surface area contributed by atoms with E-state index >= 15 is 0 Å². The minimum absolute atomic E-state index is 0.131. The Hall–Kier alpha value is -3.05. The highest BCUT2D eigenvalue weighted by molar-refractivity contribution is 6.28. The molecule has 0 saturated heterocycles. The molecule has 0 aliphatic rings. The lowest BCUT2D eigenvalue weighted by molar-refractivity contribution is 0.625. The fourth-order valence-electron chi connectivity index (χ4n) is 3.20. The third-order valence-electron chi connectivity index (χ3n) is 4.59. The van der Waals surface area contributed by atoms with Gasteiger partial charge in [0.05, 0.1) is 5.52 Å². The molecule has 1 N–H and O–H groups in total. The minimum Gasteiger partial charge on any atom is -0.368 e. The van der Waals surface area contributed by atoms with Crippen LogP contribution in [0.25, 0.3) is 10.9 Å². The Labute approximate surface area is 166 Å². The second kappa shape index (κ2) is 7.90. The molecule has 0 saturated carbocycles. The Morgan fingerprint density at radius 1 is 0.786 bits per heavy atom. The summed E-state index contributed by atoms with van der Waals surface area (Å²) in [5, 5.41) is 4.34. The Morgan fingerprint density at radius 3 is 1.96 bits per heavy atom. The molecule has 3 nitrogen and oxygen atoms in total. The van der Waals surface area contributed by atoms with Crippen LogP contribution in [0.15, 0.2) is 72.8 Å². The van der Waals surface area contributed by atoms with Crippen molar-refractivity contribution in [1.29, 1.82) is 0 Å². The summed E-state index contributed by atoms with van der Waals surface area (Å²) in [5.74, 6) is -0.121. The molecule has 4 aromatic rings. The fraction of sp³-hybridized carbons (Fsp3) is 0.0909. The number of fused-ring (bicyclic) bond motifs is 1. The summed E-state index contributed by atoms with van der Waals surface area (Å²) >= 11 is 6.06. The number of rotatable bonds is 5. The van der Waals surface area contributed by atoms with Crippen LogP contribution < -0.4 is 5.32 Å². The maximum Gasteiger partial charge on any atom is 0.224 e. The first-order valence-corrected chi connectivity index (χ1v) is 9.15. The molecular weight excluding hydrogens is 380 g/mol. The molecule has 140 valence electrons. The number of nitrogens with zero attached hydrogens (tertiary/aromatic N) is 2. The lowest BCUT2D eigenvalue weighted by Crippen LogP contribution is -2.15. The molecule has 0 radical (unpaired) electrons. The third-order valence-corrected chi connectivity index (χ3v) is 4.76. The van der Waals surface area contributed by atoms with E-state index in [-0.39, 0.29) is 22.8 Å². The summed E-state index contributed by atoms with van der Waals surface area (Å²) < 4.78 is 26.8. The summed E-state index contributed by atoms with van der Waals surface area (Å²) in [5.41, 5.74) is 2.56. The van der Waals surface area contributed by atoms with Gasteiger partial charge in [-0.2, -0.15) is 0 Å². The first-order chi connectivity index (χ1) is 13.6. The van der Waals surface area contributed by atoms with E-state index in [0.29, 0.717) is 12.4 Å². The van der Waals surface area contributed by atoms with Crippen LogP contribution >= 0.6 is 11.6 Å². The van der Waals surface area contributed by atoms with Gasteiger partial charge in [0.2, 0.25) is 5.28 Å². The van der Waals surface area contributed by atoms with Gasteiger partial charge in [0.1, 0.15) is 17.5 Å². The normalized spacial score (nSPS) is 11.1. The van der Waals surface area contributed by atoms with Crippen molar-refractivity contribution in [3.8, 4) is 0 Å². The van der Waals surface area contributed by atoms with Crippen LogP contribution in [0.3, 0.4) is 0 Å². The lowest BCUT2D eigenvalue weighted by Gasteiger charge is -2.20. The number of hydrogen-bond donors (Lipinski definition) is 1. The molecule has 0 amide bonds. The molecule has 4 rings (SSSR count). The number of aromatic nitrogens is 2. The van der Waals surface area contributed by atoms with Crippen LogP contribution in [0.4, 0.5) is 14.6 Å². The molecule has 1 aromatic heterocycles. The second-order valence-corrected chi connectivity index (χ2v) is 6.73. The van der Waals surface area contributed by atoms with E-state index < -0.39 is 0 Å². The molecule has 6 heteroatoms. The number of para-hydroxylation sites is 1. The van der Waals surface area contributed by atoms with E-state index in [4.69, 9.17) is 11.6 Å². The predicted molar refractivity (Wildman–Crippen MR) is 108 cm³/mol.